The molecule has 0 spiro atoms. The van der Waals surface area contributed by atoms with E-state index in [2.05, 4.69) is 19.2 Å². The van der Waals surface area contributed by atoms with Crippen molar-refractivity contribution in [2.45, 2.75) is 52.6 Å². The molecule has 16 heavy (non-hydrogen) atoms. The minimum atomic E-state index is -0.264. The summed E-state index contributed by atoms with van der Waals surface area (Å²) in [6.45, 7) is 9.04. The van der Waals surface area contributed by atoms with Gasteiger partial charge in [-0.15, -0.1) is 0 Å². The van der Waals surface area contributed by atoms with Gasteiger partial charge in [0.05, 0.1) is 12.3 Å². The predicted molar refractivity (Wildman–Crippen MR) is 65.9 cm³/mol. The highest BCUT2D eigenvalue weighted by atomic mass is 16.5. The number of amides is 1. The van der Waals surface area contributed by atoms with Gasteiger partial charge in [-0.1, -0.05) is 13.8 Å². The Kier molecular flexibility index (Phi) is 7.34. The molecule has 4 nitrogen and oxygen atoms in total. The Bertz CT molecular complexity index is 203. The normalized spacial score (nSPS) is 11.9. The molecule has 0 aromatic carbocycles. The van der Waals surface area contributed by atoms with Gasteiger partial charge < -0.3 is 15.8 Å². The van der Waals surface area contributed by atoms with Gasteiger partial charge in [-0.2, -0.15) is 0 Å². The van der Waals surface area contributed by atoms with Crippen LogP contribution in [0.5, 0.6) is 0 Å². The number of carbonyl (C=O) groups is 1. The smallest absolute Gasteiger partial charge is 0.220 e. The van der Waals surface area contributed by atoms with Crippen LogP contribution < -0.4 is 11.1 Å². The second kappa shape index (κ2) is 7.63. The third kappa shape index (κ3) is 8.68. The number of rotatable bonds is 8. The Hall–Kier alpha value is -0.610. The van der Waals surface area contributed by atoms with Gasteiger partial charge in [0, 0.05) is 13.0 Å². The zero-order chi connectivity index (χ0) is 12.6. The molecule has 0 aliphatic heterocycles. The topological polar surface area (TPSA) is 64.3 Å². The van der Waals surface area contributed by atoms with Crippen LogP contribution in [0.2, 0.25) is 0 Å². The molecule has 3 N–H and O–H groups in total. The molecule has 0 rings (SSSR count). The fraction of sp³-hybridized carbons (Fsp3) is 0.917. The summed E-state index contributed by atoms with van der Waals surface area (Å²) in [5.41, 5.74) is 5.05. The van der Waals surface area contributed by atoms with Crippen LogP contribution >= 0.6 is 0 Å². The molecule has 96 valence electrons. The fourth-order valence-corrected chi connectivity index (χ4v) is 1.31. The Balaban J connectivity index is 3.61. The molecule has 0 heterocycles. The quantitative estimate of drug-likeness (QED) is 0.623. The highest BCUT2D eigenvalue weighted by Gasteiger charge is 2.17. The van der Waals surface area contributed by atoms with Crippen LogP contribution in [0, 0.1) is 5.92 Å². The number of hydrogen-bond acceptors (Lipinski definition) is 3. The average Bonchev–Trinajstić information content (AvgIpc) is 2.14. The van der Waals surface area contributed by atoms with Crippen molar-refractivity contribution in [1.82, 2.24) is 5.32 Å². The summed E-state index contributed by atoms with van der Waals surface area (Å²) < 4.78 is 5.34. The maximum absolute atomic E-state index is 11.4. The highest BCUT2D eigenvalue weighted by Crippen LogP contribution is 2.12. The molecule has 0 aromatic heterocycles. The van der Waals surface area contributed by atoms with Gasteiger partial charge in [-0.05, 0) is 32.6 Å². The summed E-state index contributed by atoms with van der Waals surface area (Å²) >= 11 is 0. The van der Waals surface area contributed by atoms with Crippen LogP contribution in [0.25, 0.3) is 0 Å². The molecular formula is C12H26N2O2. The molecule has 1 amide bonds. The standard InChI is InChI=1S/C12H26N2O2/c1-10(2)5-6-11(15)14-8-7-12(3,4)16-9-13/h10H,5-9,13H2,1-4H3,(H,14,15). The average molecular weight is 230 g/mol. The molecule has 0 atom stereocenters. The minimum absolute atomic E-state index is 0.122. The summed E-state index contributed by atoms with van der Waals surface area (Å²) in [7, 11) is 0. The van der Waals surface area contributed by atoms with Crippen LogP contribution in [0.15, 0.2) is 0 Å². The van der Waals surface area contributed by atoms with Gasteiger partial charge >= 0.3 is 0 Å². The molecule has 0 radical (unpaired) electrons. The van der Waals surface area contributed by atoms with Crippen molar-refractivity contribution in [3.63, 3.8) is 0 Å². The van der Waals surface area contributed by atoms with Crippen molar-refractivity contribution >= 4 is 5.91 Å². The molecular weight excluding hydrogens is 204 g/mol. The van der Waals surface area contributed by atoms with E-state index < -0.39 is 0 Å². The molecule has 0 fully saturated rings. The molecule has 0 unspecified atom stereocenters. The van der Waals surface area contributed by atoms with Crippen molar-refractivity contribution in [3.05, 3.63) is 0 Å². The number of nitrogens with two attached hydrogens (primary N) is 1. The van der Waals surface area contributed by atoms with Gasteiger partial charge in [0.1, 0.15) is 0 Å². The van der Waals surface area contributed by atoms with Crippen molar-refractivity contribution in [2.75, 3.05) is 13.3 Å². The molecule has 4 heteroatoms. The zero-order valence-corrected chi connectivity index (χ0v) is 11.0. The van der Waals surface area contributed by atoms with Crippen LogP contribution in [0.4, 0.5) is 0 Å². The van der Waals surface area contributed by atoms with E-state index in [0.29, 0.717) is 18.9 Å². The van der Waals surface area contributed by atoms with Crippen LogP contribution in [0.1, 0.15) is 47.0 Å². The molecule has 0 bridgehead atoms. The van der Waals surface area contributed by atoms with Crippen LogP contribution in [0.3, 0.4) is 0 Å². The third-order valence-corrected chi connectivity index (χ3v) is 2.47. The van der Waals surface area contributed by atoms with Crippen molar-refractivity contribution in [2.24, 2.45) is 11.7 Å². The lowest BCUT2D eigenvalue weighted by Crippen LogP contribution is -2.34. The third-order valence-electron chi connectivity index (χ3n) is 2.47. The van der Waals surface area contributed by atoms with Gasteiger partial charge in [0.2, 0.25) is 5.91 Å². The number of ether oxygens (including phenoxy) is 1. The maximum atomic E-state index is 11.4. The minimum Gasteiger partial charge on any atom is -0.361 e. The van der Waals surface area contributed by atoms with E-state index in [-0.39, 0.29) is 18.2 Å². The maximum Gasteiger partial charge on any atom is 0.220 e. The lowest BCUT2D eigenvalue weighted by molar-refractivity contribution is -0.121. The van der Waals surface area contributed by atoms with Crippen LogP contribution in [-0.4, -0.2) is 24.8 Å². The zero-order valence-electron chi connectivity index (χ0n) is 11.0. The summed E-state index contributed by atoms with van der Waals surface area (Å²) in [6.07, 6.45) is 2.32. The van der Waals surface area contributed by atoms with E-state index in [1.807, 2.05) is 13.8 Å². The molecule has 0 aliphatic carbocycles. The molecule has 0 aromatic rings. The first-order chi connectivity index (χ1) is 7.37. The Labute approximate surface area is 98.9 Å². The Morgan fingerprint density at radius 1 is 1.44 bits per heavy atom. The van der Waals surface area contributed by atoms with E-state index in [4.69, 9.17) is 10.5 Å². The summed E-state index contributed by atoms with van der Waals surface area (Å²) in [5.74, 6) is 0.694. The van der Waals surface area contributed by atoms with Crippen LogP contribution in [-0.2, 0) is 9.53 Å². The Morgan fingerprint density at radius 2 is 2.06 bits per heavy atom. The predicted octanol–water partition coefficient (Wildman–Crippen LogP) is 1.64. The monoisotopic (exact) mass is 230 g/mol. The number of hydrogen-bond donors (Lipinski definition) is 2. The van der Waals surface area contributed by atoms with E-state index in [9.17, 15) is 4.79 Å². The largest absolute Gasteiger partial charge is 0.361 e. The van der Waals surface area contributed by atoms with E-state index >= 15 is 0 Å². The Morgan fingerprint density at radius 3 is 2.56 bits per heavy atom. The van der Waals surface area contributed by atoms with Gasteiger partial charge in [0.15, 0.2) is 0 Å². The van der Waals surface area contributed by atoms with Gasteiger partial charge in [-0.25, -0.2) is 0 Å². The number of nitrogens with one attached hydrogen (secondary N) is 1. The lowest BCUT2D eigenvalue weighted by atomic mass is 10.1. The van der Waals surface area contributed by atoms with E-state index in [0.717, 1.165) is 12.8 Å². The van der Waals surface area contributed by atoms with Gasteiger partial charge in [-0.3, -0.25) is 4.79 Å². The lowest BCUT2D eigenvalue weighted by Gasteiger charge is -2.24. The summed E-state index contributed by atoms with van der Waals surface area (Å²) in [5, 5.41) is 2.89. The number of carbonyl (C=O) groups excluding carboxylic acids is 1. The molecule has 0 saturated heterocycles. The summed E-state index contributed by atoms with van der Waals surface area (Å²) in [4.78, 5) is 11.4. The first-order valence-electron chi connectivity index (χ1n) is 5.98. The fourth-order valence-electron chi connectivity index (χ4n) is 1.31. The van der Waals surface area contributed by atoms with Crippen molar-refractivity contribution in [1.29, 1.82) is 0 Å². The van der Waals surface area contributed by atoms with Crippen molar-refractivity contribution < 1.29 is 9.53 Å². The molecule has 0 saturated carbocycles. The first kappa shape index (κ1) is 15.4. The van der Waals surface area contributed by atoms with E-state index in [1.54, 1.807) is 0 Å². The SMILES string of the molecule is CC(C)CCC(=O)NCCC(C)(C)OCN. The summed E-state index contributed by atoms with van der Waals surface area (Å²) in [6, 6.07) is 0. The molecule has 0 aliphatic rings. The van der Waals surface area contributed by atoms with Crippen molar-refractivity contribution in [3.8, 4) is 0 Å². The first-order valence-corrected chi connectivity index (χ1v) is 5.98. The second-order valence-corrected chi connectivity index (χ2v) is 5.10. The second-order valence-electron chi connectivity index (χ2n) is 5.10. The highest BCUT2D eigenvalue weighted by molar-refractivity contribution is 5.75. The van der Waals surface area contributed by atoms with Gasteiger partial charge in [0.25, 0.3) is 0 Å². The van der Waals surface area contributed by atoms with E-state index in [1.165, 1.54) is 0 Å².